The molecule has 1 unspecified atom stereocenters. The van der Waals surface area contributed by atoms with Crippen molar-refractivity contribution in [1.82, 2.24) is 0 Å². The molecule has 3 aromatic rings. The van der Waals surface area contributed by atoms with Crippen LogP contribution in [0.4, 0.5) is 24.5 Å². The molecule has 2 heterocycles. The first-order valence-electron chi connectivity index (χ1n) is 13.5. The number of carbonyl (C=O) groups is 2. The maximum absolute atomic E-state index is 13.2. The highest BCUT2D eigenvalue weighted by molar-refractivity contribution is 6.03. The van der Waals surface area contributed by atoms with Crippen LogP contribution in [-0.2, 0) is 26.9 Å². The van der Waals surface area contributed by atoms with Gasteiger partial charge in [0.05, 0.1) is 18.8 Å². The molecule has 3 aromatic carbocycles. The van der Waals surface area contributed by atoms with E-state index < -0.39 is 29.7 Å². The molecule has 1 fully saturated rings. The minimum atomic E-state index is -4.46. The number of nitrogens with one attached hydrogen (secondary N) is 2. The quantitative estimate of drug-likeness (QED) is 0.245. The summed E-state index contributed by atoms with van der Waals surface area (Å²) in [5.74, 6) is -0.342. The molecule has 5 rings (SSSR count). The first-order chi connectivity index (χ1) is 20.2. The summed E-state index contributed by atoms with van der Waals surface area (Å²) < 4.78 is 51.1. The normalized spacial score (nSPS) is 18.0. The molecular weight excluding hydrogens is 549 g/mol. The monoisotopic (exact) mass is 578 g/mol. The van der Waals surface area contributed by atoms with Gasteiger partial charge in [0.25, 0.3) is 5.91 Å². The first kappa shape index (κ1) is 29.1. The van der Waals surface area contributed by atoms with Crippen LogP contribution < -0.4 is 15.4 Å². The second-order valence-electron chi connectivity index (χ2n) is 10.0. The van der Waals surface area contributed by atoms with Crippen molar-refractivity contribution in [2.24, 2.45) is 0 Å². The van der Waals surface area contributed by atoms with Crippen LogP contribution >= 0.6 is 0 Å². The number of aliphatic hydroxyl groups is 1. The molecule has 218 valence electrons. The number of carbonyl (C=O) groups excluding carboxylic acids is 2. The summed E-state index contributed by atoms with van der Waals surface area (Å²) in [5.41, 5.74) is 2.63. The number of amides is 2. The zero-order valence-electron chi connectivity index (χ0n) is 22.5. The number of hydrogen-bond donors (Lipinski definition) is 3. The molecule has 1 saturated heterocycles. The van der Waals surface area contributed by atoms with E-state index in [1.54, 1.807) is 24.3 Å². The number of alkyl halides is 3. The summed E-state index contributed by atoms with van der Waals surface area (Å²) in [7, 11) is 0. The molecule has 2 aliphatic heterocycles. The van der Waals surface area contributed by atoms with E-state index in [1.165, 1.54) is 24.3 Å². The van der Waals surface area contributed by atoms with Crippen molar-refractivity contribution in [1.29, 1.82) is 0 Å². The Morgan fingerprint density at radius 2 is 1.76 bits per heavy atom. The summed E-state index contributed by atoms with van der Waals surface area (Å²) in [6.07, 6.45) is 0.378. The van der Waals surface area contributed by atoms with Crippen LogP contribution in [0.5, 0.6) is 5.75 Å². The number of aliphatic hydroxyl groups excluding tert-OH is 1. The van der Waals surface area contributed by atoms with E-state index in [9.17, 15) is 27.9 Å². The number of ether oxygens (including phenoxy) is 2. The van der Waals surface area contributed by atoms with Crippen molar-refractivity contribution in [2.45, 2.75) is 37.6 Å². The van der Waals surface area contributed by atoms with Gasteiger partial charge in [-0.2, -0.15) is 13.2 Å². The average molecular weight is 579 g/mol. The van der Waals surface area contributed by atoms with Gasteiger partial charge in [0.2, 0.25) is 5.91 Å². The zero-order valence-corrected chi connectivity index (χ0v) is 22.5. The first-order valence-corrected chi connectivity index (χ1v) is 13.5. The van der Waals surface area contributed by atoms with E-state index >= 15 is 0 Å². The second-order valence-corrected chi connectivity index (χ2v) is 10.0. The Morgan fingerprint density at radius 3 is 2.50 bits per heavy atom. The van der Waals surface area contributed by atoms with Crippen molar-refractivity contribution < 1.29 is 37.3 Å². The fourth-order valence-corrected chi connectivity index (χ4v) is 4.87. The van der Waals surface area contributed by atoms with Crippen molar-refractivity contribution in [2.75, 3.05) is 23.8 Å². The summed E-state index contributed by atoms with van der Waals surface area (Å²) in [6.45, 7) is 1.24. The summed E-state index contributed by atoms with van der Waals surface area (Å²) in [6, 6.07) is 17.1. The molecule has 2 amide bonds. The lowest BCUT2D eigenvalue weighted by molar-refractivity contribution is -0.137. The molecule has 0 radical (unpaired) electrons. The van der Waals surface area contributed by atoms with Crippen LogP contribution in [0.1, 0.15) is 35.1 Å². The van der Waals surface area contributed by atoms with Gasteiger partial charge in [-0.15, -0.1) is 0 Å². The molecule has 2 aliphatic rings. The highest BCUT2D eigenvalue weighted by Crippen LogP contribution is 2.33. The van der Waals surface area contributed by atoms with Crippen LogP contribution in [-0.4, -0.2) is 42.3 Å². The number of hydrogen-bond acceptors (Lipinski definition) is 5. The van der Waals surface area contributed by atoms with Crippen LogP contribution in [0.3, 0.4) is 0 Å². The summed E-state index contributed by atoms with van der Waals surface area (Å²) in [5, 5.41) is 15.3. The molecule has 7 nitrogen and oxygen atoms in total. The van der Waals surface area contributed by atoms with Gasteiger partial charge in [-0.25, -0.2) is 0 Å². The number of allylic oxidation sites excluding steroid dienone is 2. The van der Waals surface area contributed by atoms with E-state index in [0.29, 0.717) is 52.6 Å². The van der Waals surface area contributed by atoms with Gasteiger partial charge >= 0.3 is 6.18 Å². The standard InChI is InChI=1S/C32H29F3N2O5/c33-32(34,35)22-12-10-20(11-13-22)25(21-4-1-5-24(18-21)42-23-14-16-41-17-15-23)6-2-9-30(39)36-27-7-3-8-28-26(27)19-29(38)31(40)37-28/h1-13,18,23,29,38H,14-17,19H2,(H,36,39)(H,37,40)/b9-2+,25-6+. The third-order valence-corrected chi connectivity index (χ3v) is 7.04. The van der Waals surface area contributed by atoms with Crippen LogP contribution in [0.15, 0.2) is 85.0 Å². The van der Waals surface area contributed by atoms with E-state index in [2.05, 4.69) is 10.6 Å². The van der Waals surface area contributed by atoms with Crippen molar-refractivity contribution >= 4 is 28.8 Å². The van der Waals surface area contributed by atoms with Gasteiger partial charge in [-0.05, 0) is 53.1 Å². The number of fused-ring (bicyclic) bond motifs is 1. The van der Waals surface area contributed by atoms with Crippen LogP contribution in [0.2, 0.25) is 0 Å². The lowest BCUT2D eigenvalue weighted by atomic mass is 9.96. The number of benzene rings is 3. The third-order valence-electron chi connectivity index (χ3n) is 7.04. The summed E-state index contributed by atoms with van der Waals surface area (Å²) >= 11 is 0. The zero-order chi connectivity index (χ0) is 29.7. The Kier molecular flexibility index (Phi) is 8.75. The lowest BCUT2D eigenvalue weighted by Crippen LogP contribution is -2.34. The average Bonchev–Trinajstić information content (AvgIpc) is 2.97. The molecule has 42 heavy (non-hydrogen) atoms. The van der Waals surface area contributed by atoms with Gasteiger partial charge in [-0.3, -0.25) is 9.59 Å². The van der Waals surface area contributed by atoms with Crippen molar-refractivity contribution in [3.63, 3.8) is 0 Å². The fourth-order valence-electron chi connectivity index (χ4n) is 4.87. The maximum atomic E-state index is 13.2. The van der Waals surface area contributed by atoms with Gasteiger partial charge in [-0.1, -0.05) is 42.5 Å². The second kappa shape index (κ2) is 12.6. The molecule has 0 bridgehead atoms. The highest BCUT2D eigenvalue weighted by Gasteiger charge is 2.30. The Labute approximate surface area is 240 Å². The molecular formula is C32H29F3N2O5. The maximum Gasteiger partial charge on any atom is 0.416 e. The van der Waals surface area contributed by atoms with Gasteiger partial charge in [0, 0.05) is 42.3 Å². The summed E-state index contributed by atoms with van der Waals surface area (Å²) in [4.78, 5) is 24.6. The van der Waals surface area contributed by atoms with Crippen molar-refractivity contribution in [3.8, 4) is 5.75 Å². The Morgan fingerprint density at radius 1 is 1.02 bits per heavy atom. The minimum absolute atomic E-state index is 0.00857. The lowest BCUT2D eigenvalue weighted by Gasteiger charge is -2.23. The molecule has 3 N–H and O–H groups in total. The Bertz CT molecular complexity index is 1510. The van der Waals surface area contributed by atoms with Crippen LogP contribution in [0.25, 0.3) is 5.57 Å². The van der Waals surface area contributed by atoms with Crippen LogP contribution in [0, 0.1) is 0 Å². The molecule has 0 saturated carbocycles. The predicted molar refractivity (Wildman–Crippen MR) is 152 cm³/mol. The van der Waals surface area contributed by atoms with E-state index in [-0.39, 0.29) is 12.5 Å². The van der Waals surface area contributed by atoms with Gasteiger partial charge in [0.1, 0.15) is 18.0 Å². The minimum Gasteiger partial charge on any atom is -0.490 e. The molecule has 0 spiro atoms. The fraction of sp³-hybridized carbons (Fsp3) is 0.250. The van der Waals surface area contributed by atoms with Gasteiger partial charge < -0.3 is 25.2 Å². The van der Waals surface area contributed by atoms with E-state index in [1.807, 2.05) is 24.3 Å². The van der Waals surface area contributed by atoms with Crippen molar-refractivity contribution in [3.05, 3.63) is 107 Å². The molecule has 0 aliphatic carbocycles. The SMILES string of the molecule is O=C(/C=C/C=C(\c1ccc(C(F)(F)F)cc1)c1cccc(OC2CCOCC2)c1)Nc1cccc2c1CC(O)C(=O)N2. The number of rotatable bonds is 7. The highest BCUT2D eigenvalue weighted by atomic mass is 19.4. The van der Waals surface area contributed by atoms with E-state index in [0.717, 1.165) is 25.0 Å². The predicted octanol–water partition coefficient (Wildman–Crippen LogP) is 5.75. The smallest absolute Gasteiger partial charge is 0.416 e. The Balaban J connectivity index is 1.40. The molecule has 0 aromatic heterocycles. The number of halogens is 3. The topological polar surface area (TPSA) is 96.9 Å². The molecule has 1 atom stereocenters. The Hall–Kier alpha value is -4.41. The van der Waals surface area contributed by atoms with Gasteiger partial charge in [0.15, 0.2) is 0 Å². The largest absolute Gasteiger partial charge is 0.490 e. The third kappa shape index (κ3) is 7.07. The molecule has 10 heteroatoms. The number of anilines is 2. The van der Waals surface area contributed by atoms with E-state index in [4.69, 9.17) is 9.47 Å².